The summed E-state index contributed by atoms with van der Waals surface area (Å²) in [5.41, 5.74) is 0.386. The van der Waals surface area contributed by atoms with E-state index in [4.69, 9.17) is 9.84 Å². The molecule has 0 aliphatic rings. The van der Waals surface area contributed by atoms with E-state index in [1.807, 2.05) is 0 Å². The highest BCUT2D eigenvalue weighted by molar-refractivity contribution is 5.82. The number of aliphatic hydroxyl groups excluding tert-OH is 1. The van der Waals surface area contributed by atoms with Crippen molar-refractivity contribution in [2.75, 3.05) is 7.11 Å². The van der Waals surface area contributed by atoms with Crippen LogP contribution < -0.4 is 10.1 Å². The third-order valence-corrected chi connectivity index (χ3v) is 2.40. The Balaban J connectivity index is 0.00000324. The average Bonchev–Trinajstić information content (AvgIpc) is 2.34. The predicted molar refractivity (Wildman–Crippen MR) is 66.8 cm³/mol. The van der Waals surface area contributed by atoms with Gasteiger partial charge in [-0.2, -0.15) is 0 Å². The molecule has 2 atom stereocenters. The third-order valence-electron chi connectivity index (χ3n) is 2.40. The maximum absolute atomic E-state index is 11.0. The molecule has 0 heterocycles. The summed E-state index contributed by atoms with van der Waals surface area (Å²) in [6.45, 7) is 1.19. The molecule has 19 heavy (non-hydrogen) atoms. The van der Waals surface area contributed by atoms with Crippen molar-refractivity contribution in [2.24, 2.45) is 0 Å². The van der Waals surface area contributed by atoms with E-state index >= 15 is 0 Å². The molecule has 0 aromatic heterocycles. The van der Waals surface area contributed by atoms with Crippen LogP contribution in [0.4, 0.5) is 0 Å². The lowest BCUT2D eigenvalue weighted by Crippen LogP contribution is -2.44. The third kappa shape index (κ3) is 4.57. The molecule has 2 unspecified atom stereocenters. The standard InChI is InChI=1S/C12H15NO5.H2O/c1-7(14)13-10(12(16)17)11(15)8-3-5-9(18-2)6-4-8;/h3-6,10-11,15H,1-2H3,(H,13,14)(H,16,17);1H2. The first-order valence-corrected chi connectivity index (χ1v) is 5.27. The second kappa shape index (κ2) is 7.34. The fraction of sp³-hybridized carbons (Fsp3) is 0.333. The van der Waals surface area contributed by atoms with Crippen LogP contribution in [0.3, 0.4) is 0 Å². The first kappa shape index (κ1) is 16.9. The molecule has 0 saturated carbocycles. The zero-order valence-electron chi connectivity index (χ0n) is 10.6. The Hall–Kier alpha value is -2.12. The van der Waals surface area contributed by atoms with E-state index in [1.54, 1.807) is 24.3 Å². The molecule has 0 radical (unpaired) electrons. The number of aliphatic hydroxyl groups is 1. The number of benzene rings is 1. The summed E-state index contributed by atoms with van der Waals surface area (Å²) in [7, 11) is 1.50. The van der Waals surface area contributed by atoms with E-state index in [2.05, 4.69) is 5.32 Å². The number of rotatable bonds is 5. The molecule has 0 saturated heterocycles. The molecule has 7 heteroatoms. The second-order valence-corrected chi connectivity index (χ2v) is 3.73. The Kier molecular flexibility index (Phi) is 6.53. The number of hydrogen-bond acceptors (Lipinski definition) is 4. The van der Waals surface area contributed by atoms with Crippen LogP contribution in [0.25, 0.3) is 0 Å². The van der Waals surface area contributed by atoms with Crippen LogP contribution in [-0.2, 0) is 9.59 Å². The SMILES string of the molecule is COc1ccc(C(O)C(NC(C)=O)C(=O)O)cc1.O. The molecule has 7 nitrogen and oxygen atoms in total. The molecule has 5 N–H and O–H groups in total. The van der Waals surface area contributed by atoms with Crippen molar-refractivity contribution in [3.8, 4) is 5.75 Å². The molecular weight excluding hydrogens is 254 g/mol. The summed E-state index contributed by atoms with van der Waals surface area (Å²) < 4.78 is 4.95. The Morgan fingerprint density at radius 1 is 1.26 bits per heavy atom. The van der Waals surface area contributed by atoms with Gasteiger partial charge in [0.25, 0.3) is 0 Å². The van der Waals surface area contributed by atoms with E-state index in [9.17, 15) is 14.7 Å². The van der Waals surface area contributed by atoms with Crippen LogP contribution in [-0.4, -0.2) is 40.7 Å². The monoisotopic (exact) mass is 271 g/mol. The zero-order chi connectivity index (χ0) is 13.7. The van der Waals surface area contributed by atoms with E-state index in [0.29, 0.717) is 11.3 Å². The normalized spacial score (nSPS) is 12.8. The smallest absolute Gasteiger partial charge is 0.329 e. The van der Waals surface area contributed by atoms with Crippen LogP contribution in [0.1, 0.15) is 18.6 Å². The van der Waals surface area contributed by atoms with Gasteiger partial charge in [0.2, 0.25) is 5.91 Å². The highest BCUT2D eigenvalue weighted by atomic mass is 16.5. The molecule has 0 aliphatic carbocycles. The number of carbonyl (C=O) groups excluding carboxylic acids is 1. The van der Waals surface area contributed by atoms with Crippen LogP contribution in [0.5, 0.6) is 5.75 Å². The fourth-order valence-corrected chi connectivity index (χ4v) is 1.49. The number of nitrogens with one attached hydrogen (secondary N) is 1. The Morgan fingerprint density at radius 2 is 1.79 bits per heavy atom. The van der Waals surface area contributed by atoms with Gasteiger partial charge >= 0.3 is 5.97 Å². The van der Waals surface area contributed by atoms with Crippen molar-refractivity contribution in [1.82, 2.24) is 5.32 Å². The van der Waals surface area contributed by atoms with Gasteiger partial charge < -0.3 is 25.7 Å². The number of carboxylic acid groups (broad SMARTS) is 1. The largest absolute Gasteiger partial charge is 0.497 e. The lowest BCUT2D eigenvalue weighted by molar-refractivity contribution is -0.145. The fourth-order valence-electron chi connectivity index (χ4n) is 1.49. The number of aliphatic carboxylic acids is 1. The summed E-state index contributed by atoms with van der Waals surface area (Å²) in [4.78, 5) is 21.9. The minimum atomic E-state index is -1.38. The van der Waals surface area contributed by atoms with Crippen molar-refractivity contribution in [3.63, 3.8) is 0 Å². The topological polar surface area (TPSA) is 127 Å². The predicted octanol–water partition coefficient (Wildman–Crippen LogP) is -0.507. The van der Waals surface area contributed by atoms with Gasteiger partial charge in [-0.15, -0.1) is 0 Å². The molecule has 0 fully saturated rings. The molecular formula is C12H17NO6. The van der Waals surface area contributed by atoms with Gasteiger partial charge in [-0.3, -0.25) is 4.79 Å². The van der Waals surface area contributed by atoms with Crippen molar-refractivity contribution in [1.29, 1.82) is 0 Å². The highest BCUT2D eigenvalue weighted by Crippen LogP contribution is 2.20. The average molecular weight is 271 g/mol. The number of hydrogen-bond donors (Lipinski definition) is 3. The van der Waals surface area contributed by atoms with Crippen LogP contribution in [0, 0.1) is 0 Å². The number of methoxy groups -OCH3 is 1. The summed E-state index contributed by atoms with van der Waals surface area (Å²) >= 11 is 0. The van der Waals surface area contributed by atoms with E-state index < -0.39 is 24.0 Å². The van der Waals surface area contributed by atoms with Gasteiger partial charge in [0, 0.05) is 6.92 Å². The molecule has 0 spiro atoms. The van der Waals surface area contributed by atoms with Gasteiger partial charge in [0.05, 0.1) is 7.11 Å². The lowest BCUT2D eigenvalue weighted by Gasteiger charge is -2.20. The summed E-state index contributed by atoms with van der Waals surface area (Å²) in [6.07, 6.45) is -1.32. The first-order valence-electron chi connectivity index (χ1n) is 5.27. The van der Waals surface area contributed by atoms with Gasteiger partial charge in [-0.1, -0.05) is 12.1 Å². The highest BCUT2D eigenvalue weighted by Gasteiger charge is 2.28. The van der Waals surface area contributed by atoms with E-state index in [1.165, 1.54) is 14.0 Å². The van der Waals surface area contributed by atoms with Gasteiger partial charge in [0.15, 0.2) is 6.04 Å². The second-order valence-electron chi connectivity index (χ2n) is 3.73. The maximum Gasteiger partial charge on any atom is 0.329 e. The number of carbonyl (C=O) groups is 2. The Morgan fingerprint density at radius 3 is 2.16 bits per heavy atom. The zero-order valence-corrected chi connectivity index (χ0v) is 10.6. The van der Waals surface area contributed by atoms with E-state index in [-0.39, 0.29) is 5.48 Å². The van der Waals surface area contributed by atoms with Crippen LogP contribution >= 0.6 is 0 Å². The molecule has 1 aromatic carbocycles. The molecule has 106 valence electrons. The maximum atomic E-state index is 11.0. The van der Waals surface area contributed by atoms with E-state index in [0.717, 1.165) is 0 Å². The molecule has 0 aliphatic heterocycles. The van der Waals surface area contributed by atoms with Crippen molar-refractivity contribution in [3.05, 3.63) is 29.8 Å². The number of amides is 1. The molecule has 1 aromatic rings. The van der Waals surface area contributed by atoms with Crippen LogP contribution in [0.15, 0.2) is 24.3 Å². The summed E-state index contributed by atoms with van der Waals surface area (Å²) in [6, 6.07) is 4.91. The quantitative estimate of drug-likeness (QED) is 0.664. The lowest BCUT2D eigenvalue weighted by atomic mass is 10.0. The number of ether oxygens (including phenoxy) is 1. The Bertz CT molecular complexity index is 430. The first-order chi connectivity index (χ1) is 8.45. The van der Waals surface area contributed by atoms with Crippen molar-refractivity contribution < 1.29 is 30.0 Å². The Labute approximate surface area is 110 Å². The summed E-state index contributed by atoms with van der Waals surface area (Å²) in [5, 5.41) is 21.1. The number of carboxylic acids is 1. The summed E-state index contributed by atoms with van der Waals surface area (Å²) in [5.74, 6) is -1.22. The van der Waals surface area contributed by atoms with Crippen molar-refractivity contribution >= 4 is 11.9 Å². The minimum absolute atomic E-state index is 0. The molecule has 1 amide bonds. The minimum Gasteiger partial charge on any atom is -0.497 e. The molecule has 0 bridgehead atoms. The van der Waals surface area contributed by atoms with Gasteiger partial charge in [0.1, 0.15) is 11.9 Å². The van der Waals surface area contributed by atoms with Gasteiger partial charge in [-0.25, -0.2) is 4.79 Å². The molecule has 1 rings (SSSR count). The van der Waals surface area contributed by atoms with Crippen LogP contribution in [0.2, 0.25) is 0 Å². The van der Waals surface area contributed by atoms with Gasteiger partial charge in [-0.05, 0) is 17.7 Å². The van der Waals surface area contributed by atoms with Crippen molar-refractivity contribution in [2.45, 2.75) is 19.1 Å².